The van der Waals surface area contributed by atoms with Crippen molar-refractivity contribution in [3.05, 3.63) is 18.5 Å². The number of anilines is 1. The van der Waals surface area contributed by atoms with Crippen molar-refractivity contribution in [3.63, 3.8) is 0 Å². The van der Waals surface area contributed by atoms with E-state index in [0.29, 0.717) is 0 Å². The summed E-state index contributed by atoms with van der Waals surface area (Å²) < 4.78 is 12.1. The number of nitrogens with one attached hydrogen (secondary N) is 2. The Morgan fingerprint density at radius 2 is 2.13 bits per heavy atom. The van der Waals surface area contributed by atoms with Crippen molar-refractivity contribution in [2.75, 3.05) is 25.7 Å². The molecule has 0 atom stereocenters. The van der Waals surface area contributed by atoms with Crippen molar-refractivity contribution in [1.29, 1.82) is 0 Å². The number of H-pyrrole nitrogens is 1. The molecule has 2 N–H and O–H groups in total. The molecule has 0 aliphatic carbocycles. The predicted octanol–water partition coefficient (Wildman–Crippen LogP) is 1.85. The second-order valence-corrected chi connectivity index (χ2v) is 7.04. The highest BCUT2D eigenvalue weighted by atomic mass is 31.2. The molecule has 2 aromatic rings. The van der Waals surface area contributed by atoms with Gasteiger partial charge in [0.25, 0.3) is 0 Å². The van der Waals surface area contributed by atoms with E-state index in [1.54, 1.807) is 19.7 Å². The van der Waals surface area contributed by atoms with Crippen molar-refractivity contribution < 1.29 is 4.57 Å². The number of hydrogen-bond acceptors (Lipinski definition) is 3. The van der Waals surface area contributed by atoms with Crippen LogP contribution in [0.2, 0.25) is 0 Å². The SMILES string of the molecule is CNc1ccc(P(C)(C)=O)c2nc[nH]c12. The van der Waals surface area contributed by atoms with Gasteiger partial charge in [0.1, 0.15) is 12.7 Å². The van der Waals surface area contributed by atoms with E-state index in [9.17, 15) is 4.57 Å². The zero-order valence-electron chi connectivity index (χ0n) is 9.03. The van der Waals surface area contributed by atoms with Crippen LogP contribution in [-0.4, -0.2) is 30.3 Å². The van der Waals surface area contributed by atoms with Gasteiger partial charge in [-0.2, -0.15) is 0 Å². The summed E-state index contributed by atoms with van der Waals surface area (Å²) in [5.41, 5.74) is 2.69. The van der Waals surface area contributed by atoms with Crippen LogP contribution in [0.25, 0.3) is 11.0 Å². The van der Waals surface area contributed by atoms with E-state index in [-0.39, 0.29) is 0 Å². The number of aromatic nitrogens is 2. The minimum Gasteiger partial charge on any atom is -0.386 e. The average molecular weight is 223 g/mol. The molecule has 5 heteroatoms. The zero-order chi connectivity index (χ0) is 11.1. The van der Waals surface area contributed by atoms with E-state index < -0.39 is 7.14 Å². The summed E-state index contributed by atoms with van der Waals surface area (Å²) in [6, 6.07) is 3.81. The molecule has 0 spiro atoms. The summed E-state index contributed by atoms with van der Waals surface area (Å²) in [4.78, 5) is 7.28. The van der Waals surface area contributed by atoms with E-state index >= 15 is 0 Å². The van der Waals surface area contributed by atoms with Gasteiger partial charge in [0.15, 0.2) is 0 Å². The fourth-order valence-corrected chi connectivity index (χ4v) is 2.77. The highest BCUT2D eigenvalue weighted by Crippen LogP contribution is 2.38. The molecule has 0 saturated heterocycles. The minimum absolute atomic E-state index is 0.801. The van der Waals surface area contributed by atoms with Crippen LogP contribution in [0.5, 0.6) is 0 Å². The first kappa shape index (κ1) is 10.2. The third-order valence-electron chi connectivity index (χ3n) is 2.41. The molecule has 0 bridgehead atoms. The summed E-state index contributed by atoms with van der Waals surface area (Å²) in [5.74, 6) is 0. The summed E-state index contributed by atoms with van der Waals surface area (Å²) in [5, 5.41) is 3.91. The van der Waals surface area contributed by atoms with Crippen molar-refractivity contribution >= 4 is 29.2 Å². The largest absolute Gasteiger partial charge is 0.386 e. The van der Waals surface area contributed by atoms with E-state index in [1.807, 2.05) is 19.2 Å². The lowest BCUT2D eigenvalue weighted by Crippen LogP contribution is -2.05. The smallest absolute Gasteiger partial charge is 0.112 e. The van der Waals surface area contributed by atoms with Crippen molar-refractivity contribution in [1.82, 2.24) is 9.97 Å². The first-order valence-corrected chi connectivity index (χ1v) is 7.33. The van der Waals surface area contributed by atoms with Crippen LogP contribution < -0.4 is 10.6 Å². The molecule has 1 aromatic carbocycles. The van der Waals surface area contributed by atoms with Crippen LogP contribution in [0.1, 0.15) is 0 Å². The van der Waals surface area contributed by atoms with Gasteiger partial charge in [-0.15, -0.1) is 0 Å². The number of rotatable bonds is 2. The molecule has 1 aromatic heterocycles. The Morgan fingerprint density at radius 1 is 1.40 bits per heavy atom. The number of nitrogens with zero attached hydrogens (tertiary/aromatic N) is 1. The third-order valence-corrected chi connectivity index (χ3v) is 3.93. The highest BCUT2D eigenvalue weighted by Gasteiger charge is 2.17. The normalized spacial score (nSPS) is 11.9. The van der Waals surface area contributed by atoms with E-state index in [1.165, 1.54) is 0 Å². The van der Waals surface area contributed by atoms with Crippen LogP contribution in [0.4, 0.5) is 5.69 Å². The number of benzene rings is 1. The molecule has 0 aliphatic heterocycles. The lowest BCUT2D eigenvalue weighted by Gasteiger charge is -2.09. The van der Waals surface area contributed by atoms with Crippen molar-refractivity contribution in [3.8, 4) is 0 Å². The Balaban J connectivity index is 2.80. The summed E-state index contributed by atoms with van der Waals surface area (Å²) >= 11 is 0. The van der Waals surface area contributed by atoms with Gasteiger partial charge in [-0.3, -0.25) is 0 Å². The molecule has 0 saturated carbocycles. The van der Waals surface area contributed by atoms with Gasteiger partial charge in [0.05, 0.1) is 17.5 Å². The van der Waals surface area contributed by atoms with Gasteiger partial charge in [0.2, 0.25) is 0 Å². The maximum absolute atomic E-state index is 12.1. The zero-order valence-corrected chi connectivity index (χ0v) is 9.93. The molecule has 4 nitrogen and oxygen atoms in total. The quantitative estimate of drug-likeness (QED) is 0.764. The predicted molar refractivity (Wildman–Crippen MR) is 64.7 cm³/mol. The molecule has 15 heavy (non-hydrogen) atoms. The standard InChI is InChI=1S/C10H14N3OP/c1-11-7-4-5-8(15(2,3)14)10-9(7)12-6-13-10/h4-6,11H,1-3H3,(H,12,13). The third kappa shape index (κ3) is 1.65. The molecule has 1 heterocycles. The fraction of sp³-hybridized carbons (Fsp3) is 0.300. The Labute approximate surface area is 88.5 Å². The van der Waals surface area contributed by atoms with Gasteiger partial charge in [0, 0.05) is 12.4 Å². The number of hydrogen-bond donors (Lipinski definition) is 2. The topological polar surface area (TPSA) is 57.8 Å². The van der Waals surface area contributed by atoms with E-state index in [4.69, 9.17) is 0 Å². The summed E-state index contributed by atoms with van der Waals surface area (Å²) in [6.45, 7) is 3.52. The van der Waals surface area contributed by atoms with Crippen LogP contribution >= 0.6 is 7.14 Å². The van der Waals surface area contributed by atoms with Crippen LogP contribution in [0.3, 0.4) is 0 Å². The average Bonchev–Trinajstić information content (AvgIpc) is 2.62. The molecule has 0 radical (unpaired) electrons. The number of imidazole rings is 1. The lowest BCUT2D eigenvalue weighted by molar-refractivity contribution is 0.588. The summed E-state index contributed by atoms with van der Waals surface area (Å²) in [7, 11) is -0.417. The lowest BCUT2D eigenvalue weighted by atomic mass is 10.2. The first-order valence-electron chi connectivity index (χ1n) is 4.73. The van der Waals surface area contributed by atoms with Gasteiger partial charge >= 0.3 is 0 Å². The Hall–Kier alpha value is -1.28. The van der Waals surface area contributed by atoms with Crippen LogP contribution in [0, 0.1) is 0 Å². The van der Waals surface area contributed by atoms with Gasteiger partial charge in [-0.05, 0) is 25.5 Å². The Bertz CT molecular complexity index is 541. The molecule has 2 rings (SSSR count). The highest BCUT2D eigenvalue weighted by molar-refractivity contribution is 7.70. The van der Waals surface area contributed by atoms with Gasteiger partial charge in [-0.25, -0.2) is 4.98 Å². The molecule has 0 unspecified atom stereocenters. The van der Waals surface area contributed by atoms with Gasteiger partial charge < -0.3 is 14.9 Å². The monoisotopic (exact) mass is 223 g/mol. The van der Waals surface area contributed by atoms with E-state index in [0.717, 1.165) is 22.0 Å². The maximum Gasteiger partial charge on any atom is 0.112 e. The molecule has 0 amide bonds. The van der Waals surface area contributed by atoms with Crippen molar-refractivity contribution in [2.45, 2.75) is 0 Å². The first-order chi connectivity index (χ1) is 7.04. The van der Waals surface area contributed by atoms with Crippen molar-refractivity contribution in [2.24, 2.45) is 0 Å². The Kier molecular flexibility index (Phi) is 2.31. The number of aromatic amines is 1. The van der Waals surface area contributed by atoms with Crippen LogP contribution in [-0.2, 0) is 4.57 Å². The minimum atomic E-state index is -2.27. The molecule has 0 aliphatic rings. The second kappa shape index (κ2) is 3.38. The van der Waals surface area contributed by atoms with Crippen LogP contribution in [0.15, 0.2) is 18.5 Å². The van der Waals surface area contributed by atoms with Gasteiger partial charge in [-0.1, -0.05) is 0 Å². The fourth-order valence-electron chi connectivity index (χ4n) is 1.66. The molecular formula is C10H14N3OP. The number of fused-ring (bicyclic) bond motifs is 1. The van der Waals surface area contributed by atoms with E-state index in [2.05, 4.69) is 15.3 Å². The maximum atomic E-state index is 12.1. The Morgan fingerprint density at radius 3 is 2.73 bits per heavy atom. The molecular weight excluding hydrogens is 209 g/mol. The summed E-state index contributed by atoms with van der Waals surface area (Å²) in [6.07, 6.45) is 1.63. The second-order valence-electron chi connectivity index (χ2n) is 3.86. The molecule has 80 valence electrons. The molecule has 0 fully saturated rings.